The van der Waals surface area contributed by atoms with E-state index in [0.29, 0.717) is 0 Å². The molecule has 2 aromatic carbocycles. The molecule has 1 N–H and O–H groups in total. The van der Waals surface area contributed by atoms with Gasteiger partial charge in [0.05, 0.1) is 0 Å². The fourth-order valence-electron chi connectivity index (χ4n) is 2.56. The molecule has 0 unspecified atom stereocenters. The number of aromatic nitrogens is 1. The molecule has 0 aliphatic heterocycles. The molecule has 0 amide bonds. The third-order valence-electron chi connectivity index (χ3n) is 3.70. The van der Waals surface area contributed by atoms with E-state index in [-0.39, 0.29) is 0 Å². The Hall–Kier alpha value is -2.45. The van der Waals surface area contributed by atoms with Gasteiger partial charge in [-0.05, 0) is 28.8 Å². The molecule has 1 heterocycles. The van der Waals surface area contributed by atoms with Gasteiger partial charge in [0, 0.05) is 31.4 Å². The molecule has 3 aromatic rings. The van der Waals surface area contributed by atoms with Gasteiger partial charge in [-0.2, -0.15) is 0 Å². The number of hydrogen-bond donors (Lipinski definition) is 1. The van der Waals surface area contributed by atoms with E-state index >= 15 is 0 Å². The van der Waals surface area contributed by atoms with Gasteiger partial charge in [-0.1, -0.05) is 60.7 Å². The largest absolute Gasteiger partial charge is 0.312 e. The summed E-state index contributed by atoms with van der Waals surface area (Å²) in [5, 5.41) is 3.52. The Morgan fingerprint density at radius 1 is 0.773 bits per heavy atom. The van der Waals surface area contributed by atoms with Crippen molar-refractivity contribution in [3.63, 3.8) is 0 Å². The minimum atomic E-state index is 0.873. The lowest BCUT2D eigenvalue weighted by molar-refractivity contribution is 0.681. The van der Waals surface area contributed by atoms with Gasteiger partial charge in [-0.3, -0.25) is 4.98 Å². The number of nitrogens with zero attached hydrogens (tertiary/aromatic N) is 1. The van der Waals surface area contributed by atoms with Gasteiger partial charge in [0.25, 0.3) is 0 Å². The molecular formula is C20H20N2. The van der Waals surface area contributed by atoms with Crippen LogP contribution in [0.1, 0.15) is 11.3 Å². The van der Waals surface area contributed by atoms with E-state index < -0.39 is 0 Å². The smallest absolute Gasteiger partial charge is 0.0416 e. The molecule has 0 aliphatic carbocycles. The molecule has 0 atom stereocenters. The zero-order valence-corrected chi connectivity index (χ0v) is 12.6. The van der Waals surface area contributed by atoms with Crippen LogP contribution in [0.2, 0.25) is 0 Å². The summed E-state index contributed by atoms with van der Waals surface area (Å²) in [5.41, 5.74) is 5.03. The first kappa shape index (κ1) is 14.5. The Morgan fingerprint density at radius 2 is 1.55 bits per heavy atom. The lowest BCUT2D eigenvalue weighted by atomic mass is 10.00. The lowest BCUT2D eigenvalue weighted by Gasteiger charge is -2.11. The Balaban J connectivity index is 1.61. The van der Waals surface area contributed by atoms with Gasteiger partial charge in [0.2, 0.25) is 0 Å². The van der Waals surface area contributed by atoms with Gasteiger partial charge in [-0.25, -0.2) is 0 Å². The molecule has 0 spiro atoms. The third kappa shape index (κ3) is 3.80. The van der Waals surface area contributed by atoms with Crippen molar-refractivity contribution in [2.24, 2.45) is 0 Å². The van der Waals surface area contributed by atoms with Gasteiger partial charge in [0.1, 0.15) is 0 Å². The van der Waals surface area contributed by atoms with E-state index in [1.54, 1.807) is 0 Å². The van der Waals surface area contributed by atoms with Crippen LogP contribution in [0.5, 0.6) is 0 Å². The van der Waals surface area contributed by atoms with E-state index in [4.69, 9.17) is 0 Å². The van der Waals surface area contributed by atoms with Gasteiger partial charge in [-0.15, -0.1) is 0 Å². The molecule has 1 aromatic heterocycles. The standard InChI is InChI=1S/C20H20N2/c1-2-8-17(9-3-1)20-12-5-4-10-18(20)16-21-15-13-19-11-6-7-14-22-19/h1-12,14,21H,13,15-16H2. The van der Waals surface area contributed by atoms with Crippen molar-refractivity contribution < 1.29 is 0 Å². The van der Waals surface area contributed by atoms with E-state index in [9.17, 15) is 0 Å². The topological polar surface area (TPSA) is 24.9 Å². The van der Waals surface area contributed by atoms with E-state index in [0.717, 1.165) is 25.2 Å². The molecule has 22 heavy (non-hydrogen) atoms. The molecule has 2 heteroatoms. The van der Waals surface area contributed by atoms with Crippen LogP contribution in [-0.4, -0.2) is 11.5 Å². The second-order valence-electron chi connectivity index (χ2n) is 5.27. The van der Waals surface area contributed by atoms with Crippen molar-refractivity contribution in [2.45, 2.75) is 13.0 Å². The molecular weight excluding hydrogens is 268 g/mol. The quantitative estimate of drug-likeness (QED) is 0.691. The van der Waals surface area contributed by atoms with Gasteiger partial charge >= 0.3 is 0 Å². The molecule has 0 radical (unpaired) electrons. The second-order valence-corrected chi connectivity index (χ2v) is 5.27. The SMILES string of the molecule is c1ccc(-c2ccccc2CNCCc2ccccn2)cc1. The monoisotopic (exact) mass is 288 g/mol. The molecule has 0 bridgehead atoms. The third-order valence-corrected chi connectivity index (χ3v) is 3.70. The number of benzene rings is 2. The minimum absolute atomic E-state index is 0.873. The van der Waals surface area contributed by atoms with E-state index in [2.05, 4.69) is 71.0 Å². The molecule has 0 fully saturated rings. The predicted octanol–water partition coefficient (Wildman–Crippen LogP) is 4.08. The molecule has 0 saturated carbocycles. The molecule has 0 aliphatic rings. The Morgan fingerprint density at radius 3 is 2.36 bits per heavy atom. The first-order valence-corrected chi connectivity index (χ1v) is 7.67. The van der Waals surface area contributed by atoms with Crippen molar-refractivity contribution in [1.29, 1.82) is 0 Å². The zero-order valence-electron chi connectivity index (χ0n) is 12.6. The summed E-state index contributed by atoms with van der Waals surface area (Å²) in [6, 6.07) is 25.2. The van der Waals surface area contributed by atoms with Crippen LogP contribution in [-0.2, 0) is 13.0 Å². The predicted molar refractivity (Wildman–Crippen MR) is 91.5 cm³/mol. The van der Waals surface area contributed by atoms with Crippen LogP contribution in [0.25, 0.3) is 11.1 Å². The molecule has 3 rings (SSSR count). The van der Waals surface area contributed by atoms with E-state index in [1.807, 2.05) is 18.3 Å². The van der Waals surface area contributed by atoms with Gasteiger partial charge in [0.15, 0.2) is 0 Å². The molecule has 0 saturated heterocycles. The molecule has 110 valence electrons. The second kappa shape index (κ2) is 7.53. The highest BCUT2D eigenvalue weighted by Gasteiger charge is 2.03. The molecule has 2 nitrogen and oxygen atoms in total. The summed E-state index contributed by atoms with van der Waals surface area (Å²) in [4.78, 5) is 4.35. The average Bonchev–Trinajstić information content (AvgIpc) is 2.61. The number of rotatable bonds is 6. The van der Waals surface area contributed by atoms with Crippen LogP contribution < -0.4 is 5.32 Å². The van der Waals surface area contributed by atoms with Gasteiger partial charge < -0.3 is 5.32 Å². The lowest BCUT2D eigenvalue weighted by Crippen LogP contribution is -2.17. The average molecular weight is 288 g/mol. The normalized spacial score (nSPS) is 10.5. The summed E-state index contributed by atoms with van der Waals surface area (Å²) in [6.07, 6.45) is 2.80. The van der Waals surface area contributed by atoms with Crippen molar-refractivity contribution in [3.05, 3.63) is 90.3 Å². The maximum Gasteiger partial charge on any atom is 0.0416 e. The first-order valence-electron chi connectivity index (χ1n) is 7.67. The van der Waals surface area contributed by atoms with Crippen LogP contribution >= 0.6 is 0 Å². The summed E-state index contributed by atoms with van der Waals surface area (Å²) in [6.45, 7) is 1.80. The number of nitrogens with one attached hydrogen (secondary N) is 1. The van der Waals surface area contributed by atoms with Crippen molar-refractivity contribution in [2.75, 3.05) is 6.54 Å². The minimum Gasteiger partial charge on any atom is -0.312 e. The fraction of sp³-hybridized carbons (Fsp3) is 0.150. The van der Waals surface area contributed by atoms with Crippen molar-refractivity contribution in [1.82, 2.24) is 10.3 Å². The summed E-state index contributed by atoms with van der Waals surface area (Å²) in [7, 11) is 0. The first-order chi connectivity index (χ1) is 10.9. The van der Waals surface area contributed by atoms with Crippen LogP contribution in [0.4, 0.5) is 0 Å². The number of hydrogen-bond acceptors (Lipinski definition) is 2. The highest BCUT2D eigenvalue weighted by Crippen LogP contribution is 2.23. The summed E-state index contributed by atoms with van der Waals surface area (Å²) < 4.78 is 0. The Kier molecular flexibility index (Phi) is 4.96. The van der Waals surface area contributed by atoms with Crippen molar-refractivity contribution in [3.8, 4) is 11.1 Å². The zero-order chi connectivity index (χ0) is 15.0. The summed E-state index contributed by atoms with van der Waals surface area (Å²) >= 11 is 0. The van der Waals surface area contributed by atoms with Crippen LogP contribution in [0.3, 0.4) is 0 Å². The Labute approximate surface area is 131 Å². The highest BCUT2D eigenvalue weighted by atomic mass is 14.9. The van der Waals surface area contributed by atoms with Crippen molar-refractivity contribution >= 4 is 0 Å². The van der Waals surface area contributed by atoms with E-state index in [1.165, 1.54) is 16.7 Å². The van der Waals surface area contributed by atoms with Crippen LogP contribution in [0.15, 0.2) is 79.0 Å². The van der Waals surface area contributed by atoms with Crippen LogP contribution in [0, 0.1) is 0 Å². The summed E-state index contributed by atoms with van der Waals surface area (Å²) in [5.74, 6) is 0. The number of pyridine rings is 1. The highest BCUT2D eigenvalue weighted by molar-refractivity contribution is 5.67. The maximum absolute atomic E-state index is 4.35. The maximum atomic E-state index is 4.35. The Bertz CT molecular complexity index is 693. The fourth-order valence-corrected chi connectivity index (χ4v) is 2.56.